The third kappa shape index (κ3) is 3.15. The van der Waals surface area contributed by atoms with Crippen molar-refractivity contribution in [1.29, 1.82) is 0 Å². The van der Waals surface area contributed by atoms with E-state index in [2.05, 4.69) is 31.6 Å². The van der Waals surface area contributed by atoms with Crippen molar-refractivity contribution in [3.05, 3.63) is 57.2 Å². The highest BCUT2D eigenvalue weighted by Gasteiger charge is 2.07. The van der Waals surface area contributed by atoms with Gasteiger partial charge in [0, 0.05) is 16.5 Å². The minimum Gasteiger partial charge on any atom is -0.459 e. The Morgan fingerprint density at radius 1 is 1.27 bits per heavy atom. The summed E-state index contributed by atoms with van der Waals surface area (Å²) in [6, 6.07) is 11.9. The van der Waals surface area contributed by atoms with Gasteiger partial charge in [0.15, 0.2) is 5.82 Å². The summed E-state index contributed by atoms with van der Waals surface area (Å²) in [4.78, 5) is 0. The summed E-state index contributed by atoms with van der Waals surface area (Å²) in [7, 11) is 0. The van der Waals surface area contributed by atoms with Gasteiger partial charge in [-0.3, -0.25) is 5.10 Å². The lowest BCUT2D eigenvalue weighted by molar-refractivity contribution is 0.521. The van der Waals surface area contributed by atoms with Crippen LogP contribution in [0.3, 0.4) is 0 Å². The van der Waals surface area contributed by atoms with Crippen LogP contribution >= 0.6 is 28.1 Å². The van der Waals surface area contributed by atoms with Gasteiger partial charge in [-0.15, -0.1) is 0 Å². The molecule has 0 fully saturated rings. The van der Waals surface area contributed by atoms with Gasteiger partial charge in [-0.25, -0.2) is 4.68 Å². The molecule has 0 bridgehead atoms. The molecule has 2 N–H and O–H groups in total. The molecule has 5 nitrogen and oxygen atoms in total. The molecule has 0 amide bonds. The van der Waals surface area contributed by atoms with Gasteiger partial charge in [0.1, 0.15) is 11.5 Å². The highest BCUT2D eigenvalue weighted by molar-refractivity contribution is 9.10. The Balaban J connectivity index is 1.73. The molecule has 3 aromatic rings. The lowest BCUT2D eigenvalue weighted by Crippen LogP contribution is -2.16. The Kier molecular flexibility index (Phi) is 4.44. The molecule has 1 aromatic carbocycles. The topological polar surface area (TPSA) is 58.8 Å². The lowest BCUT2D eigenvalue weighted by Gasteiger charge is -2.07. The van der Waals surface area contributed by atoms with Crippen LogP contribution in [0.4, 0.5) is 0 Å². The Morgan fingerprint density at radius 2 is 2.05 bits per heavy atom. The van der Waals surface area contributed by atoms with Crippen LogP contribution < -0.4 is 5.43 Å². The van der Waals surface area contributed by atoms with Crippen LogP contribution in [0.2, 0.25) is 0 Å². The van der Waals surface area contributed by atoms with Crippen molar-refractivity contribution in [2.75, 3.05) is 5.43 Å². The second-order valence-corrected chi connectivity index (χ2v) is 6.04. The zero-order valence-electron chi connectivity index (χ0n) is 12.0. The molecule has 114 valence electrons. The zero-order valence-corrected chi connectivity index (χ0v) is 14.4. The summed E-state index contributed by atoms with van der Waals surface area (Å²) >= 11 is 8.62. The molecular weight excluding hydrogens is 364 g/mol. The van der Waals surface area contributed by atoms with Crippen LogP contribution in [0.25, 0.3) is 11.3 Å². The number of aryl methyl sites for hydroxylation is 1. The van der Waals surface area contributed by atoms with E-state index in [1.807, 2.05) is 43.3 Å². The van der Waals surface area contributed by atoms with Gasteiger partial charge in [0.25, 0.3) is 0 Å². The highest BCUT2D eigenvalue weighted by atomic mass is 79.9. The van der Waals surface area contributed by atoms with Crippen LogP contribution in [0.15, 0.2) is 45.3 Å². The Morgan fingerprint density at radius 3 is 2.77 bits per heavy atom. The van der Waals surface area contributed by atoms with Crippen molar-refractivity contribution in [3.8, 4) is 11.3 Å². The number of nitrogens with zero attached hydrogens (tertiary/aromatic N) is 2. The fourth-order valence-corrected chi connectivity index (χ4v) is 2.61. The lowest BCUT2D eigenvalue weighted by atomic mass is 10.2. The first kappa shape index (κ1) is 15.1. The van der Waals surface area contributed by atoms with Crippen molar-refractivity contribution in [2.24, 2.45) is 0 Å². The first-order chi connectivity index (χ1) is 10.7. The number of aromatic amines is 1. The fourth-order valence-electron chi connectivity index (χ4n) is 2.13. The summed E-state index contributed by atoms with van der Waals surface area (Å²) in [5.41, 5.74) is 4.27. The number of benzene rings is 1. The van der Waals surface area contributed by atoms with Crippen LogP contribution in [-0.4, -0.2) is 14.9 Å². The highest BCUT2D eigenvalue weighted by Crippen LogP contribution is 2.24. The SMILES string of the molecule is CCc1n[nH]c(=S)n1NCc1ccc(-c2ccc(Br)cc2)o1. The predicted molar refractivity (Wildman–Crippen MR) is 91.7 cm³/mol. The number of H-pyrrole nitrogens is 1. The van der Waals surface area contributed by atoms with E-state index in [0.29, 0.717) is 11.3 Å². The Labute approximate surface area is 141 Å². The van der Waals surface area contributed by atoms with Crippen LogP contribution in [0.1, 0.15) is 18.5 Å². The van der Waals surface area contributed by atoms with E-state index in [9.17, 15) is 0 Å². The van der Waals surface area contributed by atoms with Gasteiger partial charge in [-0.05, 0) is 36.5 Å². The number of hydrogen-bond donors (Lipinski definition) is 2. The maximum Gasteiger partial charge on any atom is 0.214 e. The average Bonchev–Trinajstić information content (AvgIpc) is 3.12. The largest absolute Gasteiger partial charge is 0.459 e. The average molecular weight is 379 g/mol. The van der Waals surface area contributed by atoms with Crippen molar-refractivity contribution in [2.45, 2.75) is 19.9 Å². The molecule has 3 rings (SSSR count). The van der Waals surface area contributed by atoms with Gasteiger partial charge >= 0.3 is 0 Å². The van der Waals surface area contributed by atoms with E-state index in [1.165, 1.54) is 0 Å². The van der Waals surface area contributed by atoms with E-state index in [4.69, 9.17) is 16.6 Å². The van der Waals surface area contributed by atoms with Gasteiger partial charge in [-0.2, -0.15) is 5.10 Å². The standard InChI is InChI=1S/C15H15BrN4OS/c1-2-14-18-19-15(22)20(14)17-9-12-7-8-13(21-12)10-3-5-11(16)6-4-10/h3-8,17H,2,9H2,1H3,(H,19,22). The van der Waals surface area contributed by atoms with E-state index in [0.717, 1.165) is 33.8 Å². The maximum absolute atomic E-state index is 5.87. The second kappa shape index (κ2) is 6.50. The number of hydrogen-bond acceptors (Lipinski definition) is 4. The Hall–Kier alpha value is -1.86. The first-order valence-corrected chi connectivity index (χ1v) is 8.12. The van der Waals surface area contributed by atoms with Crippen LogP contribution in [0, 0.1) is 4.77 Å². The van der Waals surface area contributed by atoms with E-state index in [-0.39, 0.29) is 0 Å². The summed E-state index contributed by atoms with van der Waals surface area (Å²) in [5.74, 6) is 2.54. The van der Waals surface area contributed by atoms with Crippen molar-refractivity contribution in [1.82, 2.24) is 14.9 Å². The number of nitrogens with one attached hydrogen (secondary N) is 2. The first-order valence-electron chi connectivity index (χ1n) is 6.92. The van der Waals surface area contributed by atoms with Crippen molar-refractivity contribution >= 4 is 28.1 Å². The minimum absolute atomic E-state index is 0.539. The number of aromatic nitrogens is 3. The molecule has 0 spiro atoms. The summed E-state index contributed by atoms with van der Waals surface area (Å²) in [5, 5.41) is 6.93. The quantitative estimate of drug-likeness (QED) is 0.650. The molecule has 2 heterocycles. The monoisotopic (exact) mass is 378 g/mol. The van der Waals surface area contributed by atoms with Crippen molar-refractivity contribution in [3.63, 3.8) is 0 Å². The molecule has 0 aliphatic heterocycles. The molecule has 0 aliphatic carbocycles. The summed E-state index contributed by atoms with van der Waals surface area (Å²) < 4.78 is 9.24. The Bertz CT molecular complexity index is 819. The van der Waals surface area contributed by atoms with E-state index >= 15 is 0 Å². The fraction of sp³-hybridized carbons (Fsp3) is 0.200. The molecular formula is C15H15BrN4OS. The molecule has 0 atom stereocenters. The minimum atomic E-state index is 0.539. The number of halogens is 1. The smallest absolute Gasteiger partial charge is 0.214 e. The van der Waals surface area contributed by atoms with Gasteiger partial charge in [-0.1, -0.05) is 35.0 Å². The normalized spacial score (nSPS) is 10.8. The molecule has 0 radical (unpaired) electrons. The summed E-state index contributed by atoms with van der Waals surface area (Å²) in [6.45, 7) is 2.57. The van der Waals surface area contributed by atoms with Gasteiger partial charge < -0.3 is 9.84 Å². The molecule has 0 unspecified atom stereocenters. The third-order valence-electron chi connectivity index (χ3n) is 3.26. The van der Waals surface area contributed by atoms with Crippen molar-refractivity contribution < 1.29 is 4.42 Å². The van der Waals surface area contributed by atoms with Gasteiger partial charge in [0.05, 0.1) is 6.54 Å². The van der Waals surface area contributed by atoms with E-state index in [1.54, 1.807) is 4.68 Å². The van der Waals surface area contributed by atoms with E-state index < -0.39 is 0 Å². The van der Waals surface area contributed by atoms with Crippen LogP contribution in [0.5, 0.6) is 0 Å². The zero-order chi connectivity index (χ0) is 15.5. The summed E-state index contributed by atoms with van der Waals surface area (Å²) in [6.07, 6.45) is 0.794. The van der Waals surface area contributed by atoms with Crippen LogP contribution in [-0.2, 0) is 13.0 Å². The second-order valence-electron chi connectivity index (χ2n) is 4.74. The molecule has 2 aromatic heterocycles. The third-order valence-corrected chi connectivity index (χ3v) is 4.06. The molecule has 0 aliphatic rings. The molecule has 0 saturated heterocycles. The predicted octanol–water partition coefficient (Wildman–Crippen LogP) is 4.27. The molecule has 0 saturated carbocycles. The van der Waals surface area contributed by atoms with Gasteiger partial charge in [0.2, 0.25) is 4.77 Å². The number of furan rings is 1. The maximum atomic E-state index is 5.87. The molecule has 22 heavy (non-hydrogen) atoms. The number of rotatable bonds is 5. The molecule has 7 heteroatoms.